The highest BCUT2D eigenvalue weighted by atomic mass is 19.0. The Morgan fingerprint density at radius 2 is 1.61 bits per heavy atom. The molecule has 0 radical (unpaired) electrons. The zero-order valence-corrected chi connectivity index (χ0v) is 12.0. The number of halogens is 1. The zero-order chi connectivity index (χ0) is 12.3. The molecule has 0 saturated heterocycles. The number of aromatic nitrogens is 1. The van der Waals surface area contributed by atoms with Gasteiger partial charge in [0, 0.05) is 25.0 Å². The van der Waals surface area contributed by atoms with Crippen LogP contribution in [0.3, 0.4) is 0 Å². The number of nitrogens with zero attached hydrogens (tertiary/aromatic N) is 1. The summed E-state index contributed by atoms with van der Waals surface area (Å²) in [6, 6.07) is 6.57. The molecule has 2 heteroatoms. The van der Waals surface area contributed by atoms with Crippen LogP contribution in [0.5, 0.6) is 0 Å². The van der Waals surface area contributed by atoms with Crippen molar-refractivity contribution >= 4 is 0 Å². The van der Waals surface area contributed by atoms with Gasteiger partial charge in [-0.25, -0.2) is 4.57 Å². The lowest BCUT2D eigenvalue weighted by atomic mass is 10.1. The van der Waals surface area contributed by atoms with E-state index in [1.807, 2.05) is 0 Å². The molecule has 1 aromatic heterocycles. The molecule has 0 aliphatic rings. The van der Waals surface area contributed by atoms with Gasteiger partial charge in [-0.2, -0.15) is 0 Å². The summed E-state index contributed by atoms with van der Waals surface area (Å²) in [5, 5.41) is 0. The molecule has 104 valence electrons. The summed E-state index contributed by atoms with van der Waals surface area (Å²) in [5.74, 6) is 0. The van der Waals surface area contributed by atoms with Gasteiger partial charge in [-0.15, -0.1) is 0 Å². The van der Waals surface area contributed by atoms with Crippen LogP contribution in [0.15, 0.2) is 24.4 Å². The molecule has 0 unspecified atom stereocenters. The van der Waals surface area contributed by atoms with Crippen molar-refractivity contribution in [3.8, 4) is 0 Å². The molecule has 1 heterocycles. The van der Waals surface area contributed by atoms with Gasteiger partial charge in [-0.3, -0.25) is 0 Å². The Morgan fingerprint density at radius 3 is 2.33 bits per heavy atom. The predicted molar refractivity (Wildman–Crippen MR) is 74.0 cm³/mol. The van der Waals surface area contributed by atoms with Crippen LogP contribution < -0.4 is 9.27 Å². The molecule has 1 rings (SSSR count). The molecule has 0 aliphatic heterocycles. The van der Waals surface area contributed by atoms with E-state index in [-0.39, 0.29) is 4.70 Å². The summed E-state index contributed by atoms with van der Waals surface area (Å²) in [6.45, 7) is 5.72. The van der Waals surface area contributed by atoms with Crippen molar-refractivity contribution in [2.45, 2.75) is 71.8 Å². The summed E-state index contributed by atoms with van der Waals surface area (Å²) < 4.78 is 2.43. The molecule has 0 spiro atoms. The SMILES string of the molecule is CCCCCCCC[n+]1ccccc1CCC.[F-]. The second kappa shape index (κ2) is 11.2. The molecule has 0 atom stereocenters. The van der Waals surface area contributed by atoms with E-state index < -0.39 is 0 Å². The first-order valence-electron chi connectivity index (χ1n) is 7.35. The summed E-state index contributed by atoms with van der Waals surface area (Å²) in [7, 11) is 0. The van der Waals surface area contributed by atoms with Gasteiger partial charge in [-0.05, 0) is 12.8 Å². The molecule has 0 amide bonds. The molecule has 0 saturated carbocycles. The van der Waals surface area contributed by atoms with E-state index in [0.29, 0.717) is 0 Å². The number of hydrogen-bond donors (Lipinski definition) is 0. The minimum Gasteiger partial charge on any atom is -1.00 e. The molecule has 0 aromatic carbocycles. The number of hydrogen-bond acceptors (Lipinski definition) is 0. The first-order chi connectivity index (χ1) is 8.38. The molecule has 0 bridgehead atoms. The Bertz CT molecular complexity index is 299. The van der Waals surface area contributed by atoms with Crippen LogP contribution in [0.2, 0.25) is 0 Å². The fourth-order valence-electron chi connectivity index (χ4n) is 2.28. The molecule has 1 aromatic rings. The van der Waals surface area contributed by atoms with E-state index in [1.165, 1.54) is 63.6 Å². The van der Waals surface area contributed by atoms with E-state index >= 15 is 0 Å². The summed E-state index contributed by atoms with van der Waals surface area (Å²) in [6.07, 6.45) is 13.0. The van der Waals surface area contributed by atoms with E-state index in [9.17, 15) is 0 Å². The number of pyridine rings is 1. The molecular weight excluding hydrogens is 225 g/mol. The summed E-state index contributed by atoms with van der Waals surface area (Å²) in [4.78, 5) is 0. The fraction of sp³-hybridized carbons (Fsp3) is 0.688. The van der Waals surface area contributed by atoms with Crippen LogP contribution in [0.25, 0.3) is 0 Å². The smallest absolute Gasteiger partial charge is 0.181 e. The Balaban J connectivity index is 0.00000289. The van der Waals surface area contributed by atoms with Gasteiger partial charge in [0.25, 0.3) is 0 Å². The van der Waals surface area contributed by atoms with Crippen molar-refractivity contribution in [3.63, 3.8) is 0 Å². The van der Waals surface area contributed by atoms with Crippen molar-refractivity contribution in [3.05, 3.63) is 30.1 Å². The van der Waals surface area contributed by atoms with Gasteiger partial charge in [0.1, 0.15) is 6.54 Å². The van der Waals surface area contributed by atoms with Gasteiger partial charge in [0.05, 0.1) is 0 Å². The van der Waals surface area contributed by atoms with Crippen LogP contribution in [-0.4, -0.2) is 0 Å². The Kier molecular flexibility index (Phi) is 10.6. The van der Waals surface area contributed by atoms with E-state index in [0.717, 1.165) is 0 Å². The largest absolute Gasteiger partial charge is 1.00 e. The molecule has 0 aliphatic carbocycles. The fourth-order valence-corrected chi connectivity index (χ4v) is 2.28. The quantitative estimate of drug-likeness (QED) is 0.461. The minimum absolute atomic E-state index is 0. The summed E-state index contributed by atoms with van der Waals surface area (Å²) >= 11 is 0. The lowest BCUT2D eigenvalue weighted by Gasteiger charge is -2.03. The van der Waals surface area contributed by atoms with Crippen LogP contribution in [-0.2, 0) is 13.0 Å². The lowest BCUT2D eigenvalue weighted by molar-refractivity contribution is -0.704. The highest BCUT2D eigenvalue weighted by molar-refractivity contribution is 4.97. The van der Waals surface area contributed by atoms with Crippen molar-refractivity contribution in [1.82, 2.24) is 0 Å². The van der Waals surface area contributed by atoms with Crippen molar-refractivity contribution < 1.29 is 9.27 Å². The van der Waals surface area contributed by atoms with E-state index in [4.69, 9.17) is 0 Å². The van der Waals surface area contributed by atoms with Gasteiger partial charge in [0.2, 0.25) is 0 Å². The Morgan fingerprint density at radius 1 is 0.889 bits per heavy atom. The van der Waals surface area contributed by atoms with Crippen molar-refractivity contribution in [2.24, 2.45) is 0 Å². The first kappa shape index (κ1) is 17.1. The van der Waals surface area contributed by atoms with Crippen LogP contribution >= 0.6 is 0 Å². The van der Waals surface area contributed by atoms with Gasteiger partial charge < -0.3 is 4.70 Å². The highest BCUT2D eigenvalue weighted by Gasteiger charge is 2.07. The van der Waals surface area contributed by atoms with Crippen LogP contribution in [0.1, 0.15) is 64.5 Å². The third-order valence-corrected chi connectivity index (χ3v) is 3.29. The third kappa shape index (κ3) is 6.73. The number of rotatable bonds is 9. The Hall–Kier alpha value is -0.920. The monoisotopic (exact) mass is 253 g/mol. The van der Waals surface area contributed by atoms with Crippen LogP contribution in [0.4, 0.5) is 0 Å². The maximum absolute atomic E-state index is 2.43. The van der Waals surface area contributed by atoms with Crippen molar-refractivity contribution in [2.75, 3.05) is 0 Å². The Labute approximate surface area is 112 Å². The van der Waals surface area contributed by atoms with Gasteiger partial charge in [0.15, 0.2) is 11.9 Å². The number of aryl methyl sites for hydroxylation is 2. The summed E-state index contributed by atoms with van der Waals surface area (Å²) in [5.41, 5.74) is 1.49. The van der Waals surface area contributed by atoms with Crippen LogP contribution in [0, 0.1) is 0 Å². The van der Waals surface area contributed by atoms with Crippen molar-refractivity contribution in [1.29, 1.82) is 0 Å². The standard InChI is InChI=1S/C16H28N.FH/c1-3-5-6-7-8-10-14-17-15-11-9-13-16(17)12-4-2;/h9,11,13,15H,3-8,10,12,14H2,1-2H3;1H/q+1;/p-1. The minimum atomic E-state index is 0. The molecular formula is C16H28FN. The molecule has 0 N–H and O–H groups in total. The zero-order valence-electron chi connectivity index (χ0n) is 12.0. The number of unbranched alkanes of at least 4 members (excludes halogenated alkanes) is 5. The molecule has 0 fully saturated rings. The lowest BCUT2D eigenvalue weighted by Crippen LogP contribution is -3.00. The third-order valence-electron chi connectivity index (χ3n) is 3.29. The normalized spacial score (nSPS) is 10.1. The average molecular weight is 253 g/mol. The van der Waals surface area contributed by atoms with E-state index in [2.05, 4.69) is 42.8 Å². The average Bonchev–Trinajstić information content (AvgIpc) is 2.36. The maximum atomic E-state index is 2.43. The second-order valence-electron chi connectivity index (χ2n) is 4.90. The van der Waals surface area contributed by atoms with E-state index in [1.54, 1.807) is 0 Å². The topological polar surface area (TPSA) is 3.88 Å². The maximum Gasteiger partial charge on any atom is 0.181 e. The van der Waals surface area contributed by atoms with Gasteiger partial charge in [-0.1, -0.05) is 45.6 Å². The molecule has 18 heavy (non-hydrogen) atoms. The first-order valence-corrected chi connectivity index (χ1v) is 7.35. The molecule has 1 nitrogen and oxygen atoms in total. The predicted octanol–water partition coefficient (Wildman–Crippen LogP) is 1.29. The highest BCUT2D eigenvalue weighted by Crippen LogP contribution is 2.05. The second-order valence-corrected chi connectivity index (χ2v) is 4.90. The van der Waals surface area contributed by atoms with Gasteiger partial charge >= 0.3 is 0 Å².